The van der Waals surface area contributed by atoms with E-state index in [4.69, 9.17) is 11.1 Å². The molecule has 116 valence electrons. The summed E-state index contributed by atoms with van der Waals surface area (Å²) in [4.78, 5) is 0. The Bertz CT molecular complexity index is 649. The van der Waals surface area contributed by atoms with Gasteiger partial charge in [-0.1, -0.05) is 104 Å². The second kappa shape index (κ2) is 6.35. The Balaban J connectivity index is 2.41. The molecule has 3 rings (SSSR count). The van der Waals surface area contributed by atoms with Crippen LogP contribution in [0.4, 0.5) is 0 Å². The molecule has 0 radical (unpaired) electrons. The molecule has 3 aromatic rings. The summed E-state index contributed by atoms with van der Waals surface area (Å²) in [7, 11) is -2.19. The first-order valence-corrected chi connectivity index (χ1v) is 11.9. The molecule has 23 heavy (non-hydrogen) atoms. The standard InChI is InChI=1S/C21H21ClSi/c1-23(2,22)21(18-12-6-3-7-13-18,19-14-8-4-9-15-19)20-16-10-5-11-17-20/h3-17H,1-2H3. The van der Waals surface area contributed by atoms with Crippen molar-refractivity contribution in [3.05, 3.63) is 108 Å². The topological polar surface area (TPSA) is 0 Å². The van der Waals surface area contributed by atoms with Crippen LogP contribution in [-0.4, -0.2) is 7.38 Å². The molecule has 2 heteroatoms. The Morgan fingerprint density at radius 2 is 0.826 bits per heavy atom. The van der Waals surface area contributed by atoms with Gasteiger partial charge in [0.15, 0.2) is 7.38 Å². The first-order valence-electron chi connectivity index (χ1n) is 7.92. The summed E-state index contributed by atoms with van der Waals surface area (Å²) >= 11 is 7.20. The van der Waals surface area contributed by atoms with Crippen LogP contribution in [0.1, 0.15) is 16.7 Å². The number of halogens is 1. The Morgan fingerprint density at radius 3 is 1.04 bits per heavy atom. The normalized spacial score (nSPS) is 12.1. The van der Waals surface area contributed by atoms with Gasteiger partial charge in [0.1, 0.15) is 0 Å². The van der Waals surface area contributed by atoms with Crippen molar-refractivity contribution in [1.82, 2.24) is 0 Å². The lowest BCUT2D eigenvalue weighted by Gasteiger charge is -2.43. The van der Waals surface area contributed by atoms with Crippen LogP contribution >= 0.6 is 11.1 Å². The highest BCUT2D eigenvalue weighted by atomic mass is 35.6. The van der Waals surface area contributed by atoms with E-state index in [1.807, 2.05) is 0 Å². The van der Waals surface area contributed by atoms with Gasteiger partial charge in [0.2, 0.25) is 0 Å². The molecular formula is C21H21ClSi. The molecule has 0 N–H and O–H groups in total. The summed E-state index contributed by atoms with van der Waals surface area (Å²) in [5.74, 6) is 0. The second-order valence-electron chi connectivity index (χ2n) is 6.32. The summed E-state index contributed by atoms with van der Waals surface area (Å²) in [6.07, 6.45) is 0. The molecule has 0 aliphatic carbocycles. The maximum atomic E-state index is 7.20. The van der Waals surface area contributed by atoms with Gasteiger partial charge in [-0.05, 0) is 16.7 Å². The molecule has 0 bridgehead atoms. The van der Waals surface area contributed by atoms with Crippen LogP contribution in [-0.2, 0) is 5.04 Å². The molecule has 0 heterocycles. The van der Waals surface area contributed by atoms with Gasteiger partial charge in [-0.2, -0.15) is 11.1 Å². The van der Waals surface area contributed by atoms with Crippen molar-refractivity contribution in [1.29, 1.82) is 0 Å². The molecule has 0 amide bonds. The number of hydrogen-bond donors (Lipinski definition) is 0. The van der Waals surface area contributed by atoms with E-state index in [0.29, 0.717) is 0 Å². The highest BCUT2D eigenvalue weighted by Crippen LogP contribution is 2.47. The molecule has 0 atom stereocenters. The van der Waals surface area contributed by atoms with E-state index in [-0.39, 0.29) is 5.04 Å². The third-order valence-corrected chi connectivity index (χ3v) is 8.01. The van der Waals surface area contributed by atoms with E-state index in [0.717, 1.165) is 0 Å². The van der Waals surface area contributed by atoms with Crippen molar-refractivity contribution in [2.24, 2.45) is 0 Å². The smallest absolute Gasteiger partial charge is 0.166 e. The quantitative estimate of drug-likeness (QED) is 0.311. The lowest BCUT2D eigenvalue weighted by atomic mass is 9.84. The summed E-state index contributed by atoms with van der Waals surface area (Å²) in [6.45, 7) is 4.48. The fourth-order valence-corrected chi connectivity index (χ4v) is 7.14. The van der Waals surface area contributed by atoms with Crippen LogP contribution in [0.2, 0.25) is 13.1 Å². The minimum atomic E-state index is -2.19. The molecule has 0 aliphatic heterocycles. The SMILES string of the molecule is C[Si](C)(Cl)C(c1ccccc1)(c1ccccc1)c1ccccc1. The molecule has 0 saturated carbocycles. The average Bonchev–Trinajstić information content (AvgIpc) is 2.57. The van der Waals surface area contributed by atoms with Gasteiger partial charge in [-0.15, -0.1) is 0 Å². The summed E-state index contributed by atoms with van der Waals surface area (Å²) in [6, 6.07) is 32.0. The lowest BCUT2D eigenvalue weighted by molar-refractivity contribution is 0.842. The minimum absolute atomic E-state index is 0.279. The van der Waals surface area contributed by atoms with Gasteiger partial charge in [-0.25, -0.2) is 0 Å². The predicted octanol–water partition coefficient (Wildman–Crippen LogP) is 6.00. The van der Waals surface area contributed by atoms with Crippen LogP contribution in [0.15, 0.2) is 91.0 Å². The molecule has 3 aromatic carbocycles. The van der Waals surface area contributed by atoms with Crippen molar-refractivity contribution >= 4 is 18.5 Å². The van der Waals surface area contributed by atoms with Crippen molar-refractivity contribution in [2.45, 2.75) is 18.1 Å². The number of hydrogen-bond acceptors (Lipinski definition) is 0. The van der Waals surface area contributed by atoms with Crippen LogP contribution in [0.3, 0.4) is 0 Å². The van der Waals surface area contributed by atoms with Crippen molar-refractivity contribution in [2.75, 3.05) is 0 Å². The van der Waals surface area contributed by atoms with Crippen LogP contribution in [0.5, 0.6) is 0 Å². The van der Waals surface area contributed by atoms with Crippen molar-refractivity contribution in [3.8, 4) is 0 Å². The Labute approximate surface area is 144 Å². The van der Waals surface area contributed by atoms with Crippen molar-refractivity contribution in [3.63, 3.8) is 0 Å². The zero-order chi connectivity index (χ0) is 16.3. The first kappa shape index (κ1) is 16.0. The van der Waals surface area contributed by atoms with Gasteiger partial charge in [0.25, 0.3) is 0 Å². The van der Waals surface area contributed by atoms with Gasteiger partial charge in [0, 0.05) is 0 Å². The third-order valence-electron chi connectivity index (χ3n) is 4.51. The zero-order valence-electron chi connectivity index (χ0n) is 13.5. The molecule has 0 nitrogen and oxygen atoms in total. The monoisotopic (exact) mass is 336 g/mol. The second-order valence-corrected chi connectivity index (χ2v) is 12.9. The van der Waals surface area contributed by atoms with E-state index in [1.54, 1.807) is 0 Å². The van der Waals surface area contributed by atoms with Crippen LogP contribution in [0.25, 0.3) is 0 Å². The Kier molecular flexibility index (Phi) is 4.43. The molecule has 0 spiro atoms. The van der Waals surface area contributed by atoms with Gasteiger partial charge < -0.3 is 0 Å². The molecule has 0 saturated heterocycles. The van der Waals surface area contributed by atoms with E-state index >= 15 is 0 Å². The number of benzene rings is 3. The summed E-state index contributed by atoms with van der Waals surface area (Å²) in [5.41, 5.74) is 3.80. The minimum Gasteiger partial charge on any atom is -0.166 e. The maximum Gasteiger partial charge on any atom is 0.169 e. The van der Waals surface area contributed by atoms with E-state index < -0.39 is 7.38 Å². The predicted molar refractivity (Wildman–Crippen MR) is 103 cm³/mol. The number of rotatable bonds is 4. The summed E-state index contributed by atoms with van der Waals surface area (Å²) < 4.78 is 0. The maximum absolute atomic E-state index is 7.20. The fraction of sp³-hybridized carbons (Fsp3) is 0.143. The van der Waals surface area contributed by atoms with E-state index in [2.05, 4.69) is 104 Å². The van der Waals surface area contributed by atoms with Gasteiger partial charge in [-0.3, -0.25) is 0 Å². The Hall–Kier alpha value is -1.83. The van der Waals surface area contributed by atoms with Crippen LogP contribution in [0, 0.1) is 0 Å². The average molecular weight is 337 g/mol. The van der Waals surface area contributed by atoms with Crippen LogP contribution < -0.4 is 0 Å². The Morgan fingerprint density at radius 1 is 0.565 bits per heavy atom. The molecule has 0 aliphatic rings. The highest BCUT2D eigenvalue weighted by molar-refractivity contribution is 7.21. The fourth-order valence-electron chi connectivity index (χ4n) is 3.59. The first-order chi connectivity index (χ1) is 11.1. The van der Waals surface area contributed by atoms with E-state index in [9.17, 15) is 0 Å². The molecule has 0 unspecified atom stereocenters. The van der Waals surface area contributed by atoms with Crippen molar-refractivity contribution < 1.29 is 0 Å². The molecule has 0 aromatic heterocycles. The molecule has 0 fully saturated rings. The van der Waals surface area contributed by atoms with E-state index in [1.165, 1.54) is 16.7 Å². The highest BCUT2D eigenvalue weighted by Gasteiger charge is 2.49. The summed E-state index contributed by atoms with van der Waals surface area (Å²) in [5, 5.41) is -0.279. The lowest BCUT2D eigenvalue weighted by Crippen LogP contribution is -2.49. The largest absolute Gasteiger partial charge is 0.169 e. The molecular weight excluding hydrogens is 316 g/mol. The third kappa shape index (κ3) is 2.75. The zero-order valence-corrected chi connectivity index (χ0v) is 15.3. The van der Waals surface area contributed by atoms with Gasteiger partial charge >= 0.3 is 0 Å². The van der Waals surface area contributed by atoms with Gasteiger partial charge in [0.05, 0.1) is 5.04 Å².